The van der Waals surface area contributed by atoms with Gasteiger partial charge in [-0.2, -0.15) is 0 Å². The van der Waals surface area contributed by atoms with Crippen LogP contribution >= 0.6 is 0 Å². The third-order valence-corrected chi connectivity index (χ3v) is 6.18. The number of carbonyl (C=O) groups is 1. The van der Waals surface area contributed by atoms with Crippen LogP contribution in [0.25, 0.3) is 11.0 Å². The molecule has 1 aliphatic heterocycles. The first kappa shape index (κ1) is 21.8. The van der Waals surface area contributed by atoms with Gasteiger partial charge in [0.15, 0.2) is 11.5 Å². The van der Waals surface area contributed by atoms with E-state index < -0.39 is 0 Å². The molecule has 1 aliphatic rings. The van der Waals surface area contributed by atoms with Crippen LogP contribution in [0.5, 0.6) is 17.2 Å². The third-order valence-electron chi connectivity index (χ3n) is 6.18. The van der Waals surface area contributed by atoms with Gasteiger partial charge in [0.25, 0.3) is 0 Å². The number of carbonyl (C=O) groups excluding carboxylic acids is 1. The Labute approximate surface area is 198 Å². The van der Waals surface area contributed by atoms with Crippen molar-refractivity contribution in [2.24, 2.45) is 0 Å². The molecule has 7 heteroatoms. The topological polar surface area (TPSA) is 65.8 Å². The average Bonchev–Trinajstić information content (AvgIpc) is 3.45. The summed E-state index contributed by atoms with van der Waals surface area (Å²) in [7, 11) is 3.26. The van der Waals surface area contributed by atoms with Crippen molar-refractivity contribution in [3.63, 3.8) is 0 Å². The van der Waals surface area contributed by atoms with E-state index in [0.29, 0.717) is 37.6 Å². The van der Waals surface area contributed by atoms with E-state index in [9.17, 15) is 4.79 Å². The van der Waals surface area contributed by atoms with Crippen LogP contribution in [0.2, 0.25) is 0 Å². The number of para-hydroxylation sites is 4. The molecule has 1 atom stereocenters. The summed E-state index contributed by atoms with van der Waals surface area (Å²) in [5.74, 6) is 3.11. The SMILES string of the molecule is COc1cccc(N2C[C@@H](c3nc4ccccc4n3CCOc3ccccc3OC)CC2=O)c1. The van der Waals surface area contributed by atoms with Gasteiger partial charge in [-0.1, -0.05) is 30.3 Å². The summed E-state index contributed by atoms with van der Waals surface area (Å²) < 4.78 is 19.0. The maximum Gasteiger partial charge on any atom is 0.227 e. The van der Waals surface area contributed by atoms with Crippen molar-refractivity contribution < 1.29 is 19.0 Å². The summed E-state index contributed by atoms with van der Waals surface area (Å²) in [6, 6.07) is 23.3. The quantitative estimate of drug-likeness (QED) is 0.385. The maximum atomic E-state index is 13.0. The normalized spacial score (nSPS) is 15.6. The highest BCUT2D eigenvalue weighted by atomic mass is 16.5. The summed E-state index contributed by atoms with van der Waals surface area (Å²) in [5, 5.41) is 0. The van der Waals surface area contributed by atoms with Crippen LogP contribution in [-0.4, -0.2) is 42.8 Å². The smallest absolute Gasteiger partial charge is 0.227 e. The summed E-state index contributed by atoms with van der Waals surface area (Å²) in [6.45, 7) is 1.63. The summed E-state index contributed by atoms with van der Waals surface area (Å²) >= 11 is 0. The van der Waals surface area contributed by atoms with Gasteiger partial charge in [-0.25, -0.2) is 4.98 Å². The summed E-state index contributed by atoms with van der Waals surface area (Å²) in [5.41, 5.74) is 2.80. The predicted molar refractivity (Wildman–Crippen MR) is 131 cm³/mol. The van der Waals surface area contributed by atoms with E-state index in [0.717, 1.165) is 28.3 Å². The minimum absolute atomic E-state index is 0.0163. The zero-order chi connectivity index (χ0) is 23.5. The molecule has 0 radical (unpaired) electrons. The number of hydrogen-bond donors (Lipinski definition) is 0. The first-order valence-electron chi connectivity index (χ1n) is 11.3. The van der Waals surface area contributed by atoms with Gasteiger partial charge in [0.2, 0.25) is 5.91 Å². The van der Waals surface area contributed by atoms with Gasteiger partial charge >= 0.3 is 0 Å². The summed E-state index contributed by atoms with van der Waals surface area (Å²) in [6.07, 6.45) is 0.411. The Bertz CT molecular complexity index is 1320. The molecule has 174 valence electrons. The number of nitrogens with zero attached hydrogens (tertiary/aromatic N) is 3. The number of aromatic nitrogens is 2. The van der Waals surface area contributed by atoms with Crippen LogP contribution in [0.4, 0.5) is 5.69 Å². The molecule has 0 bridgehead atoms. The largest absolute Gasteiger partial charge is 0.497 e. The molecule has 4 aromatic rings. The molecule has 0 saturated carbocycles. The highest BCUT2D eigenvalue weighted by Crippen LogP contribution is 2.34. The molecule has 1 saturated heterocycles. The van der Waals surface area contributed by atoms with Crippen LogP contribution in [0.3, 0.4) is 0 Å². The molecule has 3 aromatic carbocycles. The van der Waals surface area contributed by atoms with Gasteiger partial charge < -0.3 is 23.7 Å². The molecular weight excluding hydrogens is 430 g/mol. The van der Waals surface area contributed by atoms with E-state index in [2.05, 4.69) is 10.6 Å². The van der Waals surface area contributed by atoms with Crippen LogP contribution in [0.1, 0.15) is 18.2 Å². The molecule has 5 rings (SSSR count). The van der Waals surface area contributed by atoms with E-state index in [1.54, 1.807) is 14.2 Å². The van der Waals surface area contributed by atoms with E-state index in [-0.39, 0.29) is 11.8 Å². The lowest BCUT2D eigenvalue weighted by Gasteiger charge is -2.18. The number of fused-ring (bicyclic) bond motifs is 1. The van der Waals surface area contributed by atoms with Crippen LogP contribution < -0.4 is 19.1 Å². The molecule has 7 nitrogen and oxygen atoms in total. The molecule has 0 N–H and O–H groups in total. The number of anilines is 1. The third kappa shape index (κ3) is 4.17. The van der Waals surface area contributed by atoms with Gasteiger partial charge in [-0.3, -0.25) is 4.79 Å². The Morgan fingerprint density at radius 1 is 0.941 bits per heavy atom. The maximum absolute atomic E-state index is 13.0. The molecule has 1 fully saturated rings. The van der Waals surface area contributed by atoms with Crippen molar-refractivity contribution in [3.05, 3.63) is 78.6 Å². The minimum Gasteiger partial charge on any atom is -0.497 e. The number of methoxy groups -OCH3 is 2. The zero-order valence-electron chi connectivity index (χ0n) is 19.3. The van der Waals surface area contributed by atoms with Crippen molar-refractivity contribution in [1.29, 1.82) is 0 Å². The first-order chi connectivity index (χ1) is 16.7. The van der Waals surface area contributed by atoms with Gasteiger partial charge in [0, 0.05) is 30.6 Å². The molecule has 0 aliphatic carbocycles. The van der Waals surface area contributed by atoms with E-state index in [1.165, 1.54) is 0 Å². The Morgan fingerprint density at radius 2 is 1.74 bits per heavy atom. The van der Waals surface area contributed by atoms with Crippen LogP contribution in [0, 0.1) is 0 Å². The molecular formula is C27H27N3O4. The monoisotopic (exact) mass is 457 g/mol. The van der Waals surface area contributed by atoms with Gasteiger partial charge in [-0.15, -0.1) is 0 Å². The van der Waals surface area contributed by atoms with Gasteiger partial charge in [0.05, 0.1) is 31.8 Å². The number of ether oxygens (including phenoxy) is 3. The Kier molecular flexibility index (Phi) is 6.08. The molecule has 0 unspecified atom stereocenters. The highest BCUT2D eigenvalue weighted by Gasteiger charge is 2.35. The lowest BCUT2D eigenvalue weighted by Crippen LogP contribution is -2.24. The van der Waals surface area contributed by atoms with Crippen molar-refractivity contribution in [2.45, 2.75) is 18.9 Å². The van der Waals surface area contributed by atoms with Crippen LogP contribution in [-0.2, 0) is 11.3 Å². The van der Waals surface area contributed by atoms with Gasteiger partial charge in [-0.05, 0) is 36.4 Å². The Hall–Kier alpha value is -4.00. The molecule has 1 amide bonds. The van der Waals surface area contributed by atoms with Gasteiger partial charge in [0.1, 0.15) is 18.2 Å². The lowest BCUT2D eigenvalue weighted by molar-refractivity contribution is -0.117. The second kappa shape index (κ2) is 9.47. The van der Waals surface area contributed by atoms with E-state index in [1.807, 2.05) is 71.6 Å². The fourth-order valence-electron chi connectivity index (χ4n) is 4.53. The predicted octanol–water partition coefficient (Wildman–Crippen LogP) is 4.65. The number of imidazole rings is 1. The number of rotatable bonds is 8. The fourth-order valence-corrected chi connectivity index (χ4v) is 4.53. The molecule has 1 aromatic heterocycles. The molecule has 2 heterocycles. The second-order valence-corrected chi connectivity index (χ2v) is 8.22. The van der Waals surface area contributed by atoms with E-state index >= 15 is 0 Å². The number of benzene rings is 3. The lowest BCUT2D eigenvalue weighted by atomic mass is 10.1. The fraction of sp³-hybridized carbons (Fsp3) is 0.259. The van der Waals surface area contributed by atoms with Crippen molar-refractivity contribution in [3.8, 4) is 17.2 Å². The highest BCUT2D eigenvalue weighted by molar-refractivity contribution is 5.96. The van der Waals surface area contributed by atoms with Crippen molar-refractivity contribution in [1.82, 2.24) is 9.55 Å². The minimum atomic E-state index is -0.0163. The standard InChI is InChI=1S/C27H27N3O4/c1-32-21-9-7-8-20(17-21)30-18-19(16-26(30)31)27-28-22-10-3-4-11-23(22)29(27)14-15-34-25-13-6-5-12-24(25)33-2/h3-13,17,19H,14-16,18H2,1-2H3/t19-/m0/s1. The Morgan fingerprint density at radius 3 is 2.56 bits per heavy atom. The summed E-state index contributed by atoms with van der Waals surface area (Å²) in [4.78, 5) is 19.7. The number of hydrogen-bond acceptors (Lipinski definition) is 5. The second-order valence-electron chi connectivity index (χ2n) is 8.22. The molecule has 34 heavy (non-hydrogen) atoms. The van der Waals surface area contributed by atoms with Crippen molar-refractivity contribution in [2.75, 3.05) is 32.3 Å². The Balaban J connectivity index is 1.40. The number of amides is 1. The van der Waals surface area contributed by atoms with E-state index in [4.69, 9.17) is 19.2 Å². The molecule has 0 spiro atoms. The van der Waals surface area contributed by atoms with Crippen molar-refractivity contribution >= 4 is 22.6 Å². The average molecular weight is 458 g/mol. The van der Waals surface area contributed by atoms with Crippen LogP contribution in [0.15, 0.2) is 72.8 Å². The first-order valence-corrected chi connectivity index (χ1v) is 11.3. The zero-order valence-corrected chi connectivity index (χ0v) is 19.3.